The van der Waals surface area contributed by atoms with E-state index in [2.05, 4.69) is 18.8 Å². The molecule has 0 unspecified atom stereocenters. The van der Waals surface area contributed by atoms with Crippen LogP contribution in [0.3, 0.4) is 0 Å². The van der Waals surface area contributed by atoms with Gasteiger partial charge in [-0.05, 0) is 36.6 Å². The van der Waals surface area contributed by atoms with E-state index in [9.17, 15) is 4.39 Å². The number of aliphatic imine (C=N–C) groups is 1. The molecule has 0 aliphatic heterocycles. The second kappa shape index (κ2) is 4.91. The fraction of sp³-hybridized carbons (Fsp3) is 0.417. The third-order valence-corrected chi connectivity index (χ3v) is 2.09. The van der Waals surface area contributed by atoms with E-state index in [1.54, 1.807) is 6.07 Å². The van der Waals surface area contributed by atoms with Crippen LogP contribution in [0, 0.1) is 18.7 Å². The van der Waals surface area contributed by atoms with Crippen LogP contribution in [0.4, 0.5) is 4.39 Å². The zero-order chi connectivity index (χ0) is 11.4. The lowest BCUT2D eigenvalue weighted by Gasteiger charge is -2.06. The molecule has 0 fully saturated rings. The van der Waals surface area contributed by atoms with Crippen molar-refractivity contribution in [3.63, 3.8) is 0 Å². The molecule has 0 aliphatic carbocycles. The maximum Gasteiger partial charge on any atom is 0.125 e. The average molecular weight is 208 g/mol. The molecule has 0 heterocycles. The number of amidine groups is 1. The molecule has 1 aromatic carbocycles. The summed E-state index contributed by atoms with van der Waals surface area (Å²) < 4.78 is 12.8. The van der Waals surface area contributed by atoms with E-state index in [4.69, 9.17) is 5.73 Å². The Morgan fingerprint density at radius 3 is 2.67 bits per heavy atom. The van der Waals surface area contributed by atoms with Crippen LogP contribution < -0.4 is 5.73 Å². The average Bonchev–Trinajstić information content (AvgIpc) is 2.14. The minimum Gasteiger partial charge on any atom is -0.383 e. The van der Waals surface area contributed by atoms with Crippen LogP contribution in [0.1, 0.15) is 25.0 Å². The van der Waals surface area contributed by atoms with E-state index in [0.717, 1.165) is 11.1 Å². The molecule has 3 heteroatoms. The van der Waals surface area contributed by atoms with Crippen LogP contribution in [-0.2, 0) is 0 Å². The predicted octanol–water partition coefficient (Wildman–Crippen LogP) is 2.50. The van der Waals surface area contributed by atoms with Crippen molar-refractivity contribution in [3.8, 4) is 0 Å². The van der Waals surface area contributed by atoms with Crippen molar-refractivity contribution in [1.82, 2.24) is 0 Å². The number of hydrogen-bond acceptors (Lipinski definition) is 1. The molecular formula is C12H17FN2. The van der Waals surface area contributed by atoms with Gasteiger partial charge >= 0.3 is 0 Å². The molecule has 0 spiro atoms. The summed E-state index contributed by atoms with van der Waals surface area (Å²) >= 11 is 0. The SMILES string of the molecule is Cc1cc(F)ccc1C(N)=NCC(C)C. The highest BCUT2D eigenvalue weighted by Crippen LogP contribution is 2.10. The minimum atomic E-state index is -0.243. The number of nitrogens with two attached hydrogens (primary N) is 1. The van der Waals surface area contributed by atoms with Crippen LogP contribution >= 0.6 is 0 Å². The molecule has 0 saturated carbocycles. The summed E-state index contributed by atoms with van der Waals surface area (Å²) in [5.74, 6) is 0.721. The molecular weight excluding hydrogens is 191 g/mol. The van der Waals surface area contributed by atoms with E-state index >= 15 is 0 Å². The van der Waals surface area contributed by atoms with Crippen molar-refractivity contribution in [2.24, 2.45) is 16.6 Å². The molecule has 15 heavy (non-hydrogen) atoms. The van der Waals surface area contributed by atoms with Crippen molar-refractivity contribution < 1.29 is 4.39 Å². The zero-order valence-electron chi connectivity index (χ0n) is 9.42. The minimum absolute atomic E-state index is 0.243. The van der Waals surface area contributed by atoms with E-state index in [1.807, 2.05) is 6.92 Å². The summed E-state index contributed by atoms with van der Waals surface area (Å²) in [6.07, 6.45) is 0. The Kier molecular flexibility index (Phi) is 3.83. The van der Waals surface area contributed by atoms with Crippen LogP contribution in [0.2, 0.25) is 0 Å². The normalized spacial score (nSPS) is 12.2. The fourth-order valence-electron chi connectivity index (χ4n) is 1.28. The van der Waals surface area contributed by atoms with Crippen molar-refractivity contribution >= 4 is 5.84 Å². The lowest BCUT2D eigenvalue weighted by Crippen LogP contribution is -2.16. The number of hydrogen-bond donors (Lipinski definition) is 1. The molecule has 0 bridgehead atoms. The van der Waals surface area contributed by atoms with Crippen molar-refractivity contribution in [1.29, 1.82) is 0 Å². The van der Waals surface area contributed by atoms with Crippen LogP contribution in [0.25, 0.3) is 0 Å². The Morgan fingerprint density at radius 2 is 2.13 bits per heavy atom. The Bertz CT molecular complexity index is 370. The molecule has 0 aliphatic rings. The van der Waals surface area contributed by atoms with Gasteiger partial charge in [0.25, 0.3) is 0 Å². The molecule has 0 radical (unpaired) electrons. The molecule has 0 amide bonds. The fourth-order valence-corrected chi connectivity index (χ4v) is 1.28. The molecule has 2 N–H and O–H groups in total. The molecule has 0 aromatic heterocycles. The van der Waals surface area contributed by atoms with Gasteiger partial charge in [-0.1, -0.05) is 13.8 Å². The molecule has 2 nitrogen and oxygen atoms in total. The molecule has 1 rings (SSSR count). The smallest absolute Gasteiger partial charge is 0.125 e. The highest BCUT2D eigenvalue weighted by molar-refractivity contribution is 5.98. The molecule has 1 aromatic rings. The summed E-state index contributed by atoms with van der Waals surface area (Å²) in [7, 11) is 0. The summed E-state index contributed by atoms with van der Waals surface area (Å²) in [6.45, 7) is 6.68. The van der Waals surface area contributed by atoms with Gasteiger partial charge in [0, 0.05) is 12.1 Å². The van der Waals surface area contributed by atoms with Gasteiger partial charge in [-0.25, -0.2) is 4.39 Å². The maximum absolute atomic E-state index is 12.8. The monoisotopic (exact) mass is 208 g/mol. The molecule has 82 valence electrons. The lowest BCUT2D eigenvalue weighted by atomic mass is 10.1. The van der Waals surface area contributed by atoms with E-state index in [0.29, 0.717) is 18.3 Å². The van der Waals surface area contributed by atoms with Gasteiger partial charge in [0.15, 0.2) is 0 Å². The number of nitrogens with zero attached hydrogens (tertiary/aromatic N) is 1. The second-order valence-corrected chi connectivity index (χ2v) is 4.08. The standard InChI is InChI=1S/C12H17FN2/c1-8(2)7-15-12(14)11-5-4-10(13)6-9(11)3/h4-6,8H,7H2,1-3H3,(H2,14,15). The maximum atomic E-state index is 12.8. The van der Waals surface area contributed by atoms with Gasteiger partial charge in [-0.15, -0.1) is 0 Å². The zero-order valence-corrected chi connectivity index (χ0v) is 9.42. The first-order valence-electron chi connectivity index (χ1n) is 5.07. The van der Waals surface area contributed by atoms with E-state index in [1.165, 1.54) is 12.1 Å². The number of benzene rings is 1. The third-order valence-electron chi connectivity index (χ3n) is 2.09. The quantitative estimate of drug-likeness (QED) is 0.601. The number of aryl methyl sites for hydroxylation is 1. The Balaban J connectivity index is 2.91. The van der Waals surface area contributed by atoms with Gasteiger partial charge in [0.05, 0.1) is 0 Å². The van der Waals surface area contributed by atoms with Crippen LogP contribution in [0.15, 0.2) is 23.2 Å². The van der Waals surface area contributed by atoms with Crippen molar-refractivity contribution in [3.05, 3.63) is 35.1 Å². The lowest BCUT2D eigenvalue weighted by molar-refractivity contribution is 0.626. The Labute approximate surface area is 90.0 Å². The van der Waals surface area contributed by atoms with Gasteiger partial charge in [0.2, 0.25) is 0 Å². The topological polar surface area (TPSA) is 38.4 Å². The van der Waals surface area contributed by atoms with Crippen molar-refractivity contribution in [2.75, 3.05) is 6.54 Å². The van der Waals surface area contributed by atoms with Crippen LogP contribution in [-0.4, -0.2) is 12.4 Å². The first-order chi connectivity index (χ1) is 7.00. The highest BCUT2D eigenvalue weighted by atomic mass is 19.1. The second-order valence-electron chi connectivity index (χ2n) is 4.08. The third kappa shape index (κ3) is 3.35. The summed E-state index contributed by atoms with van der Waals surface area (Å²) in [5.41, 5.74) is 7.46. The molecule has 0 saturated heterocycles. The Morgan fingerprint density at radius 1 is 1.47 bits per heavy atom. The summed E-state index contributed by atoms with van der Waals surface area (Å²) in [5, 5.41) is 0. The number of rotatable bonds is 3. The summed E-state index contributed by atoms with van der Waals surface area (Å²) in [6, 6.07) is 4.54. The van der Waals surface area contributed by atoms with Crippen molar-refractivity contribution in [2.45, 2.75) is 20.8 Å². The number of halogens is 1. The van der Waals surface area contributed by atoms with Gasteiger partial charge in [0.1, 0.15) is 11.7 Å². The van der Waals surface area contributed by atoms with Gasteiger partial charge in [-0.3, -0.25) is 4.99 Å². The molecule has 0 atom stereocenters. The van der Waals surface area contributed by atoms with Gasteiger partial charge < -0.3 is 5.73 Å². The first-order valence-corrected chi connectivity index (χ1v) is 5.07. The van der Waals surface area contributed by atoms with Crippen LogP contribution in [0.5, 0.6) is 0 Å². The highest BCUT2D eigenvalue weighted by Gasteiger charge is 2.04. The van der Waals surface area contributed by atoms with E-state index in [-0.39, 0.29) is 5.82 Å². The first kappa shape index (κ1) is 11.7. The van der Waals surface area contributed by atoms with Gasteiger partial charge in [-0.2, -0.15) is 0 Å². The Hall–Kier alpha value is -1.38. The predicted molar refractivity (Wildman–Crippen MR) is 61.6 cm³/mol. The largest absolute Gasteiger partial charge is 0.383 e. The van der Waals surface area contributed by atoms with E-state index < -0.39 is 0 Å². The summed E-state index contributed by atoms with van der Waals surface area (Å²) in [4.78, 5) is 4.26.